The van der Waals surface area contributed by atoms with Crippen molar-refractivity contribution in [1.82, 2.24) is 15.1 Å². The van der Waals surface area contributed by atoms with Crippen molar-refractivity contribution >= 4 is 15.9 Å². The van der Waals surface area contributed by atoms with E-state index < -0.39 is 12.0 Å². The largest absolute Gasteiger partial charge is 0.307 e. The molecule has 0 saturated carbocycles. The van der Waals surface area contributed by atoms with Crippen molar-refractivity contribution in [2.24, 2.45) is 7.05 Å². The minimum atomic E-state index is -2.83. The van der Waals surface area contributed by atoms with Crippen molar-refractivity contribution in [3.05, 3.63) is 16.4 Å². The molecule has 80 valence electrons. The molecule has 0 aliphatic heterocycles. The Morgan fingerprint density at radius 1 is 1.64 bits per heavy atom. The van der Waals surface area contributed by atoms with Gasteiger partial charge in [0.2, 0.25) is 0 Å². The molecule has 0 radical (unpaired) electrons. The molecule has 1 heterocycles. The third-order valence-corrected chi connectivity index (χ3v) is 2.62. The van der Waals surface area contributed by atoms with E-state index in [0.717, 1.165) is 6.92 Å². The number of rotatable bonds is 3. The molecule has 0 bridgehead atoms. The van der Waals surface area contributed by atoms with Crippen LogP contribution in [0, 0.1) is 0 Å². The van der Waals surface area contributed by atoms with E-state index >= 15 is 0 Å². The van der Waals surface area contributed by atoms with E-state index in [4.69, 9.17) is 0 Å². The zero-order valence-corrected chi connectivity index (χ0v) is 9.77. The molecule has 0 amide bonds. The van der Waals surface area contributed by atoms with E-state index in [2.05, 4.69) is 26.3 Å². The van der Waals surface area contributed by atoms with Crippen LogP contribution in [0.5, 0.6) is 0 Å². The Morgan fingerprint density at radius 2 is 2.21 bits per heavy atom. The Bertz CT molecular complexity index is 299. The van der Waals surface area contributed by atoms with Crippen LogP contribution >= 0.6 is 15.9 Å². The van der Waals surface area contributed by atoms with Crippen LogP contribution < -0.4 is 5.32 Å². The Balaban J connectivity index is 3.13. The van der Waals surface area contributed by atoms with Gasteiger partial charge in [0.1, 0.15) is 6.04 Å². The molecule has 6 heteroatoms. The van der Waals surface area contributed by atoms with Gasteiger partial charge in [0.25, 0.3) is 5.92 Å². The fourth-order valence-electron chi connectivity index (χ4n) is 1.38. The maximum Gasteiger partial charge on any atom is 0.266 e. The van der Waals surface area contributed by atoms with Crippen LogP contribution in [0.2, 0.25) is 0 Å². The van der Waals surface area contributed by atoms with Gasteiger partial charge in [-0.25, -0.2) is 8.78 Å². The van der Waals surface area contributed by atoms with Crippen molar-refractivity contribution in [3.63, 3.8) is 0 Å². The summed E-state index contributed by atoms with van der Waals surface area (Å²) in [6.45, 7) is 0.883. The smallest absolute Gasteiger partial charge is 0.266 e. The Hall–Kier alpha value is -0.490. The lowest BCUT2D eigenvalue weighted by Gasteiger charge is -2.23. The predicted molar refractivity (Wildman–Crippen MR) is 53.3 cm³/mol. The number of nitrogens with one attached hydrogen (secondary N) is 1. The summed E-state index contributed by atoms with van der Waals surface area (Å²) in [4.78, 5) is 0. The summed E-state index contributed by atoms with van der Waals surface area (Å²) >= 11 is 3.19. The molecule has 1 N–H and O–H groups in total. The van der Waals surface area contributed by atoms with Crippen LogP contribution in [0.4, 0.5) is 8.78 Å². The number of nitrogens with zero attached hydrogens (tertiary/aromatic N) is 2. The van der Waals surface area contributed by atoms with Gasteiger partial charge in [0.15, 0.2) is 0 Å². The van der Waals surface area contributed by atoms with E-state index in [9.17, 15) is 8.78 Å². The lowest BCUT2D eigenvalue weighted by molar-refractivity contribution is -0.0197. The molecule has 0 aromatic carbocycles. The Labute approximate surface area is 89.6 Å². The summed E-state index contributed by atoms with van der Waals surface area (Å²) < 4.78 is 28.4. The maximum atomic E-state index is 13.2. The van der Waals surface area contributed by atoms with Gasteiger partial charge in [-0.05, 0) is 23.0 Å². The average molecular weight is 268 g/mol. The molecule has 1 atom stereocenters. The fraction of sp³-hybridized carbons (Fsp3) is 0.625. The number of aromatic nitrogens is 2. The quantitative estimate of drug-likeness (QED) is 0.909. The third kappa shape index (κ3) is 2.12. The van der Waals surface area contributed by atoms with E-state index in [0.29, 0.717) is 10.2 Å². The molecule has 1 aromatic rings. The van der Waals surface area contributed by atoms with Crippen LogP contribution in [0.1, 0.15) is 18.7 Å². The molecule has 0 saturated heterocycles. The van der Waals surface area contributed by atoms with E-state index in [1.807, 2.05) is 0 Å². The summed E-state index contributed by atoms with van der Waals surface area (Å²) in [6, 6.07) is -1.04. The lowest BCUT2D eigenvalue weighted by Crippen LogP contribution is -2.34. The summed E-state index contributed by atoms with van der Waals surface area (Å²) in [5.41, 5.74) is 0.444. The average Bonchev–Trinajstić information content (AvgIpc) is 2.34. The normalized spacial score (nSPS) is 14.4. The first-order valence-electron chi connectivity index (χ1n) is 4.10. The molecule has 0 spiro atoms. The van der Waals surface area contributed by atoms with Crippen LogP contribution in [0.3, 0.4) is 0 Å². The van der Waals surface area contributed by atoms with Crippen LogP contribution in [0.25, 0.3) is 0 Å². The molecule has 1 rings (SSSR count). The minimum Gasteiger partial charge on any atom is -0.307 e. The lowest BCUT2D eigenvalue weighted by atomic mass is 10.1. The Kier molecular flexibility index (Phi) is 3.26. The van der Waals surface area contributed by atoms with Crippen molar-refractivity contribution < 1.29 is 8.78 Å². The van der Waals surface area contributed by atoms with Gasteiger partial charge < -0.3 is 5.32 Å². The standard InChI is InChI=1S/C8H12BrF2N3/c1-8(10,11)7(12-2)6-5(9)4-13-14(6)3/h4,7,12H,1-3H3. The first kappa shape index (κ1) is 11.6. The van der Waals surface area contributed by atoms with Gasteiger partial charge in [-0.15, -0.1) is 0 Å². The van der Waals surface area contributed by atoms with E-state index in [-0.39, 0.29) is 0 Å². The summed E-state index contributed by atoms with van der Waals surface area (Å²) in [7, 11) is 3.14. The van der Waals surface area contributed by atoms with E-state index in [1.165, 1.54) is 17.9 Å². The molecule has 1 unspecified atom stereocenters. The van der Waals surface area contributed by atoms with Crippen molar-refractivity contribution in [1.29, 1.82) is 0 Å². The number of hydrogen-bond donors (Lipinski definition) is 1. The highest BCUT2D eigenvalue weighted by atomic mass is 79.9. The Morgan fingerprint density at radius 3 is 2.50 bits per heavy atom. The fourth-order valence-corrected chi connectivity index (χ4v) is 1.95. The third-order valence-electron chi connectivity index (χ3n) is 2.01. The second-order valence-electron chi connectivity index (χ2n) is 3.18. The monoisotopic (exact) mass is 267 g/mol. The van der Waals surface area contributed by atoms with Crippen molar-refractivity contribution in [3.8, 4) is 0 Å². The molecular formula is C8H12BrF2N3. The van der Waals surface area contributed by atoms with E-state index in [1.54, 1.807) is 7.05 Å². The van der Waals surface area contributed by atoms with Crippen molar-refractivity contribution in [2.45, 2.75) is 18.9 Å². The van der Waals surface area contributed by atoms with Gasteiger partial charge in [-0.2, -0.15) is 5.10 Å². The molecule has 14 heavy (non-hydrogen) atoms. The van der Waals surface area contributed by atoms with Gasteiger partial charge in [-0.3, -0.25) is 4.68 Å². The highest BCUT2D eigenvalue weighted by Gasteiger charge is 2.37. The minimum absolute atomic E-state index is 0.444. The van der Waals surface area contributed by atoms with Gasteiger partial charge in [0, 0.05) is 14.0 Å². The highest BCUT2D eigenvalue weighted by molar-refractivity contribution is 9.10. The summed E-state index contributed by atoms with van der Waals surface area (Å²) in [5, 5.41) is 6.48. The van der Waals surface area contributed by atoms with Crippen molar-refractivity contribution in [2.75, 3.05) is 7.05 Å². The molecule has 0 aliphatic carbocycles. The highest BCUT2D eigenvalue weighted by Crippen LogP contribution is 2.33. The summed E-state index contributed by atoms with van der Waals surface area (Å²) in [6.07, 6.45) is 1.51. The summed E-state index contributed by atoms with van der Waals surface area (Å²) in [5.74, 6) is -2.83. The topological polar surface area (TPSA) is 29.9 Å². The zero-order valence-electron chi connectivity index (χ0n) is 8.18. The van der Waals surface area contributed by atoms with Gasteiger partial charge >= 0.3 is 0 Å². The SMILES string of the molecule is CNC(c1c(Br)cnn1C)C(C)(F)F. The zero-order chi connectivity index (χ0) is 10.9. The number of alkyl halides is 2. The van der Waals surface area contributed by atoms with Crippen LogP contribution in [-0.2, 0) is 7.05 Å². The molecule has 0 fully saturated rings. The second kappa shape index (κ2) is 3.94. The molecule has 1 aromatic heterocycles. The number of aryl methyl sites for hydroxylation is 1. The molecule has 0 aliphatic rings. The number of hydrogen-bond acceptors (Lipinski definition) is 2. The second-order valence-corrected chi connectivity index (χ2v) is 4.03. The maximum absolute atomic E-state index is 13.2. The number of halogens is 3. The first-order chi connectivity index (χ1) is 6.38. The van der Waals surface area contributed by atoms with Gasteiger partial charge in [0.05, 0.1) is 16.4 Å². The molecular weight excluding hydrogens is 256 g/mol. The van der Waals surface area contributed by atoms with Gasteiger partial charge in [-0.1, -0.05) is 0 Å². The first-order valence-corrected chi connectivity index (χ1v) is 4.89. The van der Waals surface area contributed by atoms with Crippen LogP contribution in [-0.4, -0.2) is 22.8 Å². The predicted octanol–water partition coefficient (Wildman–Crippen LogP) is 2.10. The van der Waals surface area contributed by atoms with Crippen LogP contribution in [0.15, 0.2) is 10.7 Å². The molecule has 3 nitrogen and oxygen atoms in total.